The van der Waals surface area contributed by atoms with Gasteiger partial charge in [-0.05, 0) is 30.0 Å². The van der Waals surface area contributed by atoms with Crippen LogP contribution in [0, 0.1) is 6.92 Å². The van der Waals surface area contributed by atoms with Gasteiger partial charge in [0, 0.05) is 11.1 Å². The average Bonchev–Trinajstić information content (AvgIpc) is 2.19. The van der Waals surface area contributed by atoms with E-state index in [-0.39, 0.29) is 5.75 Å². The van der Waals surface area contributed by atoms with Crippen LogP contribution in [0.4, 0.5) is 5.69 Å². The number of anilines is 1. The van der Waals surface area contributed by atoms with Crippen molar-refractivity contribution in [2.75, 3.05) is 5.73 Å². The fraction of sp³-hybridized carbons (Fsp3) is 0.231. The molecule has 80 valence electrons. The van der Waals surface area contributed by atoms with E-state index >= 15 is 0 Å². The summed E-state index contributed by atoms with van der Waals surface area (Å²) in [4.78, 5) is 0. The first kappa shape index (κ1) is 11.4. The van der Waals surface area contributed by atoms with Crippen molar-refractivity contribution in [1.82, 2.24) is 0 Å². The van der Waals surface area contributed by atoms with Gasteiger partial charge < -0.3 is 10.8 Å². The Kier molecular flexibility index (Phi) is 3.56. The fourth-order valence-electron chi connectivity index (χ4n) is 1.58. The lowest BCUT2D eigenvalue weighted by molar-refractivity contribution is 0.481. The first-order chi connectivity index (χ1) is 7.18. The van der Waals surface area contributed by atoms with Crippen molar-refractivity contribution in [3.8, 4) is 5.75 Å². The van der Waals surface area contributed by atoms with E-state index in [1.165, 1.54) is 0 Å². The Morgan fingerprint density at radius 3 is 2.47 bits per heavy atom. The molecule has 0 amide bonds. The Morgan fingerprint density at radius 2 is 1.80 bits per heavy atom. The number of fused-ring (bicyclic) bond motifs is 1. The zero-order valence-electron chi connectivity index (χ0n) is 9.41. The monoisotopic (exact) mass is 203 g/mol. The first-order valence-corrected chi connectivity index (χ1v) is 5.16. The number of rotatable bonds is 0. The standard InChI is InChI=1S/C11H11NO.C2H6/c1-7-5-8-3-2-4-9(12)11(8)10(13)6-7;1-2/h2-6,13H,12H2,1H3;1-2H3. The summed E-state index contributed by atoms with van der Waals surface area (Å²) in [6, 6.07) is 9.34. The SMILES string of the molecule is CC.Cc1cc(O)c2c(N)cccc2c1. The van der Waals surface area contributed by atoms with Crippen LogP contribution in [-0.4, -0.2) is 5.11 Å². The number of aryl methyl sites for hydroxylation is 1. The van der Waals surface area contributed by atoms with Gasteiger partial charge in [0.05, 0.1) is 0 Å². The molecular formula is C13H17NO. The van der Waals surface area contributed by atoms with Gasteiger partial charge in [-0.1, -0.05) is 32.0 Å². The molecule has 0 aliphatic rings. The zero-order chi connectivity index (χ0) is 11.4. The molecule has 2 aromatic rings. The number of hydrogen-bond donors (Lipinski definition) is 2. The van der Waals surface area contributed by atoms with Crippen molar-refractivity contribution in [3.05, 3.63) is 35.9 Å². The molecule has 2 heteroatoms. The van der Waals surface area contributed by atoms with Crippen LogP contribution in [0.25, 0.3) is 10.8 Å². The first-order valence-electron chi connectivity index (χ1n) is 5.16. The molecular weight excluding hydrogens is 186 g/mol. The predicted molar refractivity (Wildman–Crippen MR) is 66.1 cm³/mol. The quantitative estimate of drug-likeness (QED) is 0.644. The molecule has 0 radical (unpaired) electrons. The highest BCUT2D eigenvalue weighted by Gasteiger charge is 2.03. The molecule has 0 spiro atoms. The van der Waals surface area contributed by atoms with E-state index in [0.717, 1.165) is 16.3 Å². The van der Waals surface area contributed by atoms with Crippen LogP contribution in [0.15, 0.2) is 30.3 Å². The molecule has 2 nitrogen and oxygen atoms in total. The van der Waals surface area contributed by atoms with Crippen molar-refractivity contribution in [2.24, 2.45) is 0 Å². The molecule has 0 bridgehead atoms. The normalized spacial score (nSPS) is 9.53. The summed E-state index contributed by atoms with van der Waals surface area (Å²) >= 11 is 0. The second-order valence-electron chi connectivity index (χ2n) is 3.23. The largest absolute Gasteiger partial charge is 0.507 e. The van der Waals surface area contributed by atoms with Crippen molar-refractivity contribution < 1.29 is 5.11 Å². The van der Waals surface area contributed by atoms with E-state index in [0.29, 0.717) is 5.69 Å². The Bertz CT molecular complexity index is 463. The third-order valence-electron chi connectivity index (χ3n) is 2.13. The minimum atomic E-state index is 0.258. The van der Waals surface area contributed by atoms with E-state index in [9.17, 15) is 5.11 Å². The van der Waals surface area contributed by atoms with Crippen molar-refractivity contribution in [2.45, 2.75) is 20.8 Å². The van der Waals surface area contributed by atoms with E-state index in [2.05, 4.69) is 0 Å². The molecule has 0 atom stereocenters. The summed E-state index contributed by atoms with van der Waals surface area (Å²) in [5.41, 5.74) is 7.41. The number of benzene rings is 2. The Morgan fingerprint density at radius 1 is 1.13 bits per heavy atom. The van der Waals surface area contributed by atoms with Crippen LogP contribution in [0.5, 0.6) is 5.75 Å². The van der Waals surface area contributed by atoms with Gasteiger partial charge in [-0.2, -0.15) is 0 Å². The molecule has 0 aliphatic heterocycles. The lowest BCUT2D eigenvalue weighted by Crippen LogP contribution is -1.87. The molecule has 0 fully saturated rings. The summed E-state index contributed by atoms with van der Waals surface area (Å²) in [5, 5.41) is 11.4. The topological polar surface area (TPSA) is 46.2 Å². The number of aromatic hydroxyl groups is 1. The van der Waals surface area contributed by atoms with Gasteiger partial charge in [-0.15, -0.1) is 0 Å². The Labute approximate surface area is 90.3 Å². The lowest BCUT2D eigenvalue weighted by atomic mass is 10.1. The minimum Gasteiger partial charge on any atom is -0.507 e. The number of nitrogens with two attached hydrogens (primary N) is 1. The smallest absolute Gasteiger partial charge is 0.125 e. The van der Waals surface area contributed by atoms with Crippen LogP contribution >= 0.6 is 0 Å². The fourth-order valence-corrected chi connectivity index (χ4v) is 1.58. The second kappa shape index (κ2) is 4.69. The van der Waals surface area contributed by atoms with Gasteiger partial charge in [0.25, 0.3) is 0 Å². The maximum Gasteiger partial charge on any atom is 0.125 e. The van der Waals surface area contributed by atoms with E-state index in [1.807, 2.05) is 39.0 Å². The van der Waals surface area contributed by atoms with E-state index in [4.69, 9.17) is 5.73 Å². The maximum atomic E-state index is 9.65. The van der Waals surface area contributed by atoms with E-state index in [1.54, 1.807) is 12.1 Å². The van der Waals surface area contributed by atoms with Gasteiger partial charge in [0.1, 0.15) is 5.75 Å². The van der Waals surface area contributed by atoms with Gasteiger partial charge in [-0.25, -0.2) is 0 Å². The third-order valence-corrected chi connectivity index (χ3v) is 2.13. The summed E-state index contributed by atoms with van der Waals surface area (Å²) < 4.78 is 0. The number of phenolic OH excluding ortho intramolecular Hbond substituents is 1. The molecule has 3 N–H and O–H groups in total. The summed E-state index contributed by atoms with van der Waals surface area (Å²) in [6.07, 6.45) is 0. The summed E-state index contributed by atoms with van der Waals surface area (Å²) in [5.74, 6) is 0.258. The van der Waals surface area contributed by atoms with Gasteiger partial charge in [-0.3, -0.25) is 0 Å². The van der Waals surface area contributed by atoms with Crippen LogP contribution in [0.3, 0.4) is 0 Å². The molecule has 0 aromatic heterocycles. The van der Waals surface area contributed by atoms with Gasteiger partial charge in [0.2, 0.25) is 0 Å². The zero-order valence-corrected chi connectivity index (χ0v) is 9.41. The highest BCUT2D eigenvalue weighted by Crippen LogP contribution is 2.30. The van der Waals surface area contributed by atoms with Crippen LogP contribution < -0.4 is 5.73 Å². The molecule has 0 saturated heterocycles. The highest BCUT2D eigenvalue weighted by molar-refractivity contribution is 5.97. The Balaban J connectivity index is 0.000000531. The molecule has 0 heterocycles. The lowest BCUT2D eigenvalue weighted by Gasteiger charge is -2.05. The van der Waals surface area contributed by atoms with Gasteiger partial charge >= 0.3 is 0 Å². The molecule has 2 rings (SSSR count). The molecule has 2 aromatic carbocycles. The molecule has 15 heavy (non-hydrogen) atoms. The van der Waals surface area contributed by atoms with Crippen molar-refractivity contribution in [3.63, 3.8) is 0 Å². The third kappa shape index (κ3) is 2.21. The number of hydrogen-bond acceptors (Lipinski definition) is 2. The molecule has 0 aliphatic carbocycles. The summed E-state index contributed by atoms with van der Waals surface area (Å²) in [6.45, 7) is 5.95. The highest BCUT2D eigenvalue weighted by atomic mass is 16.3. The van der Waals surface area contributed by atoms with Gasteiger partial charge in [0.15, 0.2) is 0 Å². The van der Waals surface area contributed by atoms with Crippen LogP contribution in [0.2, 0.25) is 0 Å². The minimum absolute atomic E-state index is 0.258. The van der Waals surface area contributed by atoms with Crippen molar-refractivity contribution in [1.29, 1.82) is 0 Å². The molecule has 0 unspecified atom stereocenters. The van der Waals surface area contributed by atoms with Crippen LogP contribution in [-0.2, 0) is 0 Å². The summed E-state index contributed by atoms with van der Waals surface area (Å²) in [7, 11) is 0. The van der Waals surface area contributed by atoms with Crippen LogP contribution in [0.1, 0.15) is 19.4 Å². The number of phenols is 1. The average molecular weight is 203 g/mol. The predicted octanol–water partition coefficient (Wildman–Crippen LogP) is 3.46. The van der Waals surface area contributed by atoms with E-state index < -0.39 is 0 Å². The van der Waals surface area contributed by atoms with Crippen molar-refractivity contribution >= 4 is 16.5 Å². The maximum absolute atomic E-state index is 9.65. The number of nitrogen functional groups attached to an aromatic ring is 1. The second-order valence-corrected chi connectivity index (χ2v) is 3.23. The Hall–Kier alpha value is -1.70. The molecule has 0 saturated carbocycles.